The zero-order valence-electron chi connectivity index (χ0n) is 10.4. The number of nitrogens with zero attached hydrogens (tertiary/aromatic N) is 3. The van der Waals surface area contributed by atoms with Gasteiger partial charge in [-0.3, -0.25) is 4.68 Å². The standard InChI is InChI=1S/C14H13N3O2/c1-16-11-7-8-17(9-10-5-3-2-4-6-10)13(11)12(15-16)14(18)19/h2-8H,9H2,1H3,(H,18,19). The van der Waals surface area contributed by atoms with Crippen molar-refractivity contribution in [2.24, 2.45) is 7.05 Å². The van der Waals surface area contributed by atoms with Gasteiger partial charge >= 0.3 is 5.97 Å². The first kappa shape index (κ1) is 11.5. The van der Waals surface area contributed by atoms with Gasteiger partial charge in [-0.2, -0.15) is 5.10 Å². The summed E-state index contributed by atoms with van der Waals surface area (Å²) in [6.45, 7) is 0.635. The SMILES string of the molecule is Cn1nc(C(=O)O)c2c1ccn2Cc1ccccc1. The van der Waals surface area contributed by atoms with Crippen molar-refractivity contribution in [2.75, 3.05) is 0 Å². The molecule has 0 fully saturated rings. The molecule has 3 aromatic rings. The number of benzene rings is 1. The quantitative estimate of drug-likeness (QED) is 0.779. The molecule has 1 aromatic carbocycles. The van der Waals surface area contributed by atoms with Crippen LogP contribution in [0.4, 0.5) is 0 Å². The normalized spacial score (nSPS) is 11.0. The van der Waals surface area contributed by atoms with E-state index in [0.717, 1.165) is 11.1 Å². The van der Waals surface area contributed by atoms with Crippen LogP contribution >= 0.6 is 0 Å². The number of aryl methyl sites for hydroxylation is 1. The number of aromatic nitrogens is 3. The Kier molecular flexibility index (Phi) is 2.59. The van der Waals surface area contributed by atoms with Crippen molar-refractivity contribution in [3.8, 4) is 0 Å². The third-order valence-electron chi connectivity index (χ3n) is 3.16. The predicted octanol–water partition coefficient (Wildman–Crippen LogP) is 2.12. The van der Waals surface area contributed by atoms with Crippen molar-refractivity contribution in [3.05, 3.63) is 53.9 Å². The summed E-state index contributed by atoms with van der Waals surface area (Å²) in [6.07, 6.45) is 1.89. The highest BCUT2D eigenvalue weighted by Gasteiger charge is 2.18. The Balaban J connectivity index is 2.12. The molecule has 2 aromatic heterocycles. The molecule has 0 aliphatic rings. The van der Waals surface area contributed by atoms with Crippen LogP contribution in [-0.2, 0) is 13.6 Å². The second-order valence-electron chi connectivity index (χ2n) is 4.44. The molecular formula is C14H13N3O2. The third kappa shape index (κ3) is 1.89. The lowest BCUT2D eigenvalue weighted by Crippen LogP contribution is -2.04. The molecule has 0 aliphatic heterocycles. The van der Waals surface area contributed by atoms with E-state index in [1.807, 2.05) is 47.2 Å². The first-order valence-corrected chi connectivity index (χ1v) is 5.96. The maximum Gasteiger partial charge on any atom is 0.358 e. The van der Waals surface area contributed by atoms with Crippen molar-refractivity contribution in [3.63, 3.8) is 0 Å². The minimum Gasteiger partial charge on any atom is -0.476 e. The number of aromatic carboxylic acids is 1. The Labute approximate surface area is 109 Å². The minimum absolute atomic E-state index is 0.0958. The third-order valence-corrected chi connectivity index (χ3v) is 3.16. The van der Waals surface area contributed by atoms with E-state index in [-0.39, 0.29) is 5.69 Å². The van der Waals surface area contributed by atoms with Gasteiger partial charge < -0.3 is 9.67 Å². The second-order valence-corrected chi connectivity index (χ2v) is 4.44. The van der Waals surface area contributed by atoms with Crippen LogP contribution in [0.5, 0.6) is 0 Å². The lowest BCUT2D eigenvalue weighted by Gasteiger charge is -2.04. The zero-order valence-corrected chi connectivity index (χ0v) is 10.4. The molecule has 0 aliphatic carbocycles. The van der Waals surface area contributed by atoms with Crippen LogP contribution in [0.2, 0.25) is 0 Å². The lowest BCUT2D eigenvalue weighted by molar-refractivity contribution is 0.0691. The molecule has 5 heteroatoms. The van der Waals surface area contributed by atoms with E-state index in [1.165, 1.54) is 0 Å². The molecule has 96 valence electrons. The zero-order chi connectivity index (χ0) is 13.4. The van der Waals surface area contributed by atoms with Crippen LogP contribution in [0.1, 0.15) is 16.1 Å². The summed E-state index contributed by atoms with van der Waals surface area (Å²) in [5, 5.41) is 13.3. The van der Waals surface area contributed by atoms with E-state index in [1.54, 1.807) is 11.7 Å². The van der Waals surface area contributed by atoms with Gasteiger partial charge in [0.25, 0.3) is 0 Å². The molecule has 0 spiro atoms. The summed E-state index contributed by atoms with van der Waals surface area (Å²) in [6, 6.07) is 11.8. The summed E-state index contributed by atoms with van der Waals surface area (Å²) in [5.41, 5.74) is 2.71. The minimum atomic E-state index is -1.00. The fourth-order valence-corrected chi connectivity index (χ4v) is 2.29. The first-order valence-electron chi connectivity index (χ1n) is 5.96. The smallest absolute Gasteiger partial charge is 0.358 e. The summed E-state index contributed by atoms with van der Waals surface area (Å²) in [5.74, 6) is -1.00. The highest BCUT2D eigenvalue weighted by molar-refractivity contribution is 5.99. The van der Waals surface area contributed by atoms with Gasteiger partial charge in [-0.25, -0.2) is 4.79 Å². The van der Waals surface area contributed by atoms with Crippen molar-refractivity contribution in [1.29, 1.82) is 0 Å². The molecule has 3 rings (SSSR count). The van der Waals surface area contributed by atoms with Crippen molar-refractivity contribution >= 4 is 17.0 Å². The summed E-state index contributed by atoms with van der Waals surface area (Å²) >= 11 is 0. The van der Waals surface area contributed by atoms with E-state index in [0.29, 0.717) is 12.1 Å². The molecule has 0 atom stereocenters. The molecule has 0 bridgehead atoms. The highest BCUT2D eigenvalue weighted by atomic mass is 16.4. The van der Waals surface area contributed by atoms with Gasteiger partial charge in [0.15, 0.2) is 5.69 Å². The highest BCUT2D eigenvalue weighted by Crippen LogP contribution is 2.20. The van der Waals surface area contributed by atoms with Crippen molar-refractivity contribution in [1.82, 2.24) is 14.3 Å². The number of rotatable bonds is 3. The van der Waals surface area contributed by atoms with Gasteiger partial charge in [0.2, 0.25) is 0 Å². The van der Waals surface area contributed by atoms with E-state index in [2.05, 4.69) is 5.10 Å². The maximum atomic E-state index is 11.2. The monoisotopic (exact) mass is 255 g/mol. The van der Waals surface area contributed by atoms with Crippen LogP contribution < -0.4 is 0 Å². The van der Waals surface area contributed by atoms with Gasteiger partial charge in [0.05, 0.1) is 5.52 Å². The second kappa shape index (κ2) is 4.28. The molecule has 0 saturated heterocycles. The van der Waals surface area contributed by atoms with E-state index in [4.69, 9.17) is 0 Å². The Morgan fingerprint density at radius 2 is 2.00 bits per heavy atom. The molecule has 19 heavy (non-hydrogen) atoms. The van der Waals surface area contributed by atoms with Crippen molar-refractivity contribution in [2.45, 2.75) is 6.54 Å². The van der Waals surface area contributed by atoms with Crippen LogP contribution in [0, 0.1) is 0 Å². The number of hydrogen-bond donors (Lipinski definition) is 1. The van der Waals surface area contributed by atoms with E-state index < -0.39 is 5.97 Å². The van der Waals surface area contributed by atoms with Crippen LogP contribution in [0.3, 0.4) is 0 Å². The number of fused-ring (bicyclic) bond motifs is 1. The largest absolute Gasteiger partial charge is 0.476 e. The molecule has 0 radical (unpaired) electrons. The Bertz CT molecular complexity index is 741. The van der Waals surface area contributed by atoms with Crippen LogP contribution in [-0.4, -0.2) is 25.4 Å². The average Bonchev–Trinajstić information content (AvgIpc) is 2.94. The number of hydrogen-bond acceptors (Lipinski definition) is 2. The average molecular weight is 255 g/mol. The Morgan fingerprint density at radius 3 is 2.68 bits per heavy atom. The van der Waals surface area contributed by atoms with Gasteiger partial charge in [-0.15, -0.1) is 0 Å². The summed E-state index contributed by atoms with van der Waals surface area (Å²) in [7, 11) is 1.75. The van der Waals surface area contributed by atoms with Crippen molar-refractivity contribution < 1.29 is 9.90 Å². The molecule has 0 unspecified atom stereocenters. The number of carboxylic acid groups (broad SMARTS) is 1. The topological polar surface area (TPSA) is 60.1 Å². The fourth-order valence-electron chi connectivity index (χ4n) is 2.29. The molecule has 5 nitrogen and oxygen atoms in total. The van der Waals surface area contributed by atoms with E-state index >= 15 is 0 Å². The number of carboxylic acids is 1. The summed E-state index contributed by atoms with van der Waals surface area (Å²) < 4.78 is 3.52. The van der Waals surface area contributed by atoms with Gasteiger partial charge in [0.1, 0.15) is 5.52 Å². The molecule has 1 N–H and O–H groups in total. The number of carbonyl (C=O) groups is 1. The fraction of sp³-hybridized carbons (Fsp3) is 0.143. The van der Waals surface area contributed by atoms with Crippen LogP contribution in [0.15, 0.2) is 42.6 Å². The van der Waals surface area contributed by atoms with E-state index in [9.17, 15) is 9.90 Å². The van der Waals surface area contributed by atoms with Gasteiger partial charge in [0, 0.05) is 19.8 Å². The van der Waals surface area contributed by atoms with Crippen LogP contribution in [0.25, 0.3) is 11.0 Å². The molecule has 0 amide bonds. The van der Waals surface area contributed by atoms with Gasteiger partial charge in [-0.1, -0.05) is 30.3 Å². The molecule has 0 saturated carbocycles. The predicted molar refractivity (Wildman–Crippen MR) is 71.2 cm³/mol. The Morgan fingerprint density at radius 1 is 1.26 bits per heavy atom. The lowest BCUT2D eigenvalue weighted by atomic mass is 10.2. The summed E-state index contributed by atoms with van der Waals surface area (Å²) in [4.78, 5) is 11.2. The van der Waals surface area contributed by atoms with Gasteiger partial charge in [-0.05, 0) is 11.6 Å². The molecule has 2 heterocycles. The first-order chi connectivity index (χ1) is 9.16. The Hall–Kier alpha value is -2.56. The maximum absolute atomic E-state index is 11.2. The molecular weight excluding hydrogens is 242 g/mol.